The molecule has 3 rings (SSSR count). The Morgan fingerprint density at radius 2 is 1.62 bits per heavy atom. The Kier molecular flexibility index (Phi) is 7.28. The third-order valence-corrected chi connectivity index (χ3v) is 6.92. The molecule has 1 saturated heterocycles. The van der Waals surface area contributed by atoms with Crippen molar-refractivity contribution in [3.05, 3.63) is 54.6 Å². The summed E-state index contributed by atoms with van der Waals surface area (Å²) < 4.78 is 33.0. The summed E-state index contributed by atoms with van der Waals surface area (Å²) in [4.78, 5) is 12.8. The highest BCUT2D eigenvalue weighted by Gasteiger charge is 2.25. The molecule has 1 atom stereocenters. The van der Waals surface area contributed by atoms with E-state index in [4.69, 9.17) is 4.74 Å². The summed E-state index contributed by atoms with van der Waals surface area (Å²) in [6, 6.07) is 15.5. The number of para-hydroxylation sites is 1. The first-order valence-corrected chi connectivity index (χ1v) is 11.6. The highest BCUT2D eigenvalue weighted by molar-refractivity contribution is 7.89. The van der Waals surface area contributed by atoms with Gasteiger partial charge in [0.2, 0.25) is 10.0 Å². The van der Waals surface area contributed by atoms with E-state index in [1.54, 1.807) is 40.7 Å². The molecule has 0 aliphatic carbocycles. The molecule has 0 spiro atoms. The van der Waals surface area contributed by atoms with Crippen molar-refractivity contribution in [3.8, 4) is 5.75 Å². The predicted octanol–water partition coefficient (Wildman–Crippen LogP) is 4.05. The Labute approximate surface area is 172 Å². The lowest BCUT2D eigenvalue weighted by atomic mass is 10.2. The lowest BCUT2D eigenvalue weighted by Gasteiger charge is -2.20. The zero-order valence-corrected chi connectivity index (χ0v) is 17.5. The van der Waals surface area contributed by atoms with Gasteiger partial charge in [0.15, 0.2) is 6.10 Å². The molecule has 156 valence electrons. The quantitative estimate of drug-likeness (QED) is 0.739. The first-order valence-electron chi connectivity index (χ1n) is 10.1. The molecule has 2 aromatic carbocycles. The number of carbonyl (C=O) groups is 1. The van der Waals surface area contributed by atoms with E-state index in [1.807, 2.05) is 25.1 Å². The van der Waals surface area contributed by atoms with E-state index in [0.29, 0.717) is 30.9 Å². The first-order chi connectivity index (χ1) is 14.0. The summed E-state index contributed by atoms with van der Waals surface area (Å²) in [5.41, 5.74) is 0.542. The number of amides is 1. The van der Waals surface area contributed by atoms with Gasteiger partial charge in [-0.05, 0) is 55.7 Å². The minimum absolute atomic E-state index is 0.255. The highest BCUT2D eigenvalue weighted by Crippen LogP contribution is 2.22. The third kappa shape index (κ3) is 5.58. The molecule has 0 unspecified atom stereocenters. The fraction of sp³-hybridized carbons (Fsp3) is 0.409. The monoisotopic (exact) mass is 416 g/mol. The zero-order valence-electron chi connectivity index (χ0n) is 16.7. The van der Waals surface area contributed by atoms with E-state index >= 15 is 0 Å². The lowest BCUT2D eigenvalue weighted by molar-refractivity contribution is -0.122. The number of benzene rings is 2. The molecule has 1 heterocycles. The minimum atomic E-state index is -3.50. The van der Waals surface area contributed by atoms with Crippen molar-refractivity contribution < 1.29 is 17.9 Å². The van der Waals surface area contributed by atoms with E-state index in [2.05, 4.69) is 5.32 Å². The second-order valence-corrected chi connectivity index (χ2v) is 9.10. The Morgan fingerprint density at radius 1 is 1.00 bits per heavy atom. The smallest absolute Gasteiger partial charge is 0.265 e. The second-order valence-electron chi connectivity index (χ2n) is 7.16. The number of hydrogen-bond acceptors (Lipinski definition) is 4. The van der Waals surface area contributed by atoms with Crippen molar-refractivity contribution in [2.45, 2.75) is 50.0 Å². The predicted molar refractivity (Wildman–Crippen MR) is 113 cm³/mol. The number of hydrogen-bond donors (Lipinski definition) is 1. The molecule has 1 aliphatic heterocycles. The van der Waals surface area contributed by atoms with Gasteiger partial charge < -0.3 is 10.1 Å². The van der Waals surface area contributed by atoms with Gasteiger partial charge in [-0.2, -0.15) is 4.31 Å². The minimum Gasteiger partial charge on any atom is -0.481 e. The van der Waals surface area contributed by atoms with E-state index in [1.165, 1.54) is 0 Å². The zero-order chi connectivity index (χ0) is 20.7. The van der Waals surface area contributed by atoms with Crippen LogP contribution in [0, 0.1) is 0 Å². The average molecular weight is 417 g/mol. The van der Waals surface area contributed by atoms with Gasteiger partial charge in [-0.25, -0.2) is 8.42 Å². The molecule has 7 heteroatoms. The normalized spacial score (nSPS) is 16.6. The van der Waals surface area contributed by atoms with Gasteiger partial charge in [0.05, 0.1) is 4.90 Å². The van der Waals surface area contributed by atoms with Crippen LogP contribution in [0.2, 0.25) is 0 Å². The number of carbonyl (C=O) groups excluding carboxylic acids is 1. The molecule has 2 aromatic rings. The van der Waals surface area contributed by atoms with Crippen LogP contribution in [0.15, 0.2) is 59.5 Å². The van der Waals surface area contributed by atoms with Crippen LogP contribution in [-0.4, -0.2) is 37.8 Å². The Balaban J connectivity index is 1.65. The molecule has 0 saturated carbocycles. The van der Waals surface area contributed by atoms with Gasteiger partial charge in [-0.15, -0.1) is 0 Å². The fourth-order valence-electron chi connectivity index (χ4n) is 3.35. The van der Waals surface area contributed by atoms with Crippen LogP contribution < -0.4 is 10.1 Å². The summed E-state index contributed by atoms with van der Waals surface area (Å²) in [5, 5.41) is 2.81. The summed E-state index contributed by atoms with van der Waals surface area (Å²) in [6.07, 6.45) is 3.82. The van der Waals surface area contributed by atoms with Gasteiger partial charge in [0.25, 0.3) is 5.91 Å². The molecular weight excluding hydrogens is 388 g/mol. The van der Waals surface area contributed by atoms with Gasteiger partial charge in [0, 0.05) is 18.8 Å². The van der Waals surface area contributed by atoms with Crippen molar-refractivity contribution in [3.63, 3.8) is 0 Å². The van der Waals surface area contributed by atoms with Gasteiger partial charge >= 0.3 is 0 Å². The molecule has 1 aliphatic rings. The van der Waals surface area contributed by atoms with E-state index in [-0.39, 0.29) is 10.8 Å². The van der Waals surface area contributed by atoms with E-state index in [0.717, 1.165) is 25.7 Å². The fourth-order valence-corrected chi connectivity index (χ4v) is 4.87. The molecular formula is C22H28N2O4S. The maximum absolute atomic E-state index is 12.8. The van der Waals surface area contributed by atoms with Crippen molar-refractivity contribution in [2.24, 2.45) is 0 Å². The molecule has 6 nitrogen and oxygen atoms in total. The van der Waals surface area contributed by atoms with Gasteiger partial charge in [-0.1, -0.05) is 38.0 Å². The average Bonchev–Trinajstić information content (AvgIpc) is 3.03. The Morgan fingerprint density at radius 3 is 2.21 bits per heavy atom. The summed E-state index contributed by atoms with van der Waals surface area (Å²) in [6.45, 7) is 3.01. The number of sulfonamides is 1. The number of anilines is 1. The largest absolute Gasteiger partial charge is 0.481 e. The highest BCUT2D eigenvalue weighted by atomic mass is 32.2. The number of nitrogens with one attached hydrogen (secondary N) is 1. The van der Waals surface area contributed by atoms with Gasteiger partial charge in [0.1, 0.15) is 5.75 Å². The summed E-state index contributed by atoms with van der Waals surface area (Å²) in [5.74, 6) is 0.368. The van der Waals surface area contributed by atoms with Crippen molar-refractivity contribution in [1.82, 2.24) is 4.31 Å². The van der Waals surface area contributed by atoms with Crippen LogP contribution in [0.5, 0.6) is 5.75 Å². The van der Waals surface area contributed by atoms with E-state index in [9.17, 15) is 13.2 Å². The number of ether oxygens (including phenoxy) is 1. The molecule has 1 N–H and O–H groups in total. The Bertz CT molecular complexity index is 890. The summed E-state index contributed by atoms with van der Waals surface area (Å²) >= 11 is 0. The van der Waals surface area contributed by atoms with Crippen LogP contribution in [0.1, 0.15) is 39.0 Å². The molecule has 0 radical (unpaired) electrons. The van der Waals surface area contributed by atoms with Crippen LogP contribution in [0.25, 0.3) is 0 Å². The van der Waals surface area contributed by atoms with Crippen molar-refractivity contribution >= 4 is 21.6 Å². The molecule has 1 amide bonds. The maximum Gasteiger partial charge on any atom is 0.265 e. The molecule has 0 bridgehead atoms. The number of nitrogens with zero attached hydrogens (tertiary/aromatic N) is 1. The Hall–Kier alpha value is -2.38. The standard InChI is InChI=1S/C22H28N2O4S/c1-2-21(28-19-10-6-5-7-11-19)22(25)23-18-12-14-20(15-13-18)29(26,27)24-16-8-3-4-9-17-24/h5-7,10-15,21H,2-4,8-9,16-17H2,1H3,(H,23,25)/t21-/m1/s1. The van der Waals surface area contributed by atoms with E-state index < -0.39 is 16.1 Å². The van der Waals surface area contributed by atoms with Crippen LogP contribution in [0.3, 0.4) is 0 Å². The molecule has 1 fully saturated rings. The molecule has 0 aromatic heterocycles. The second kappa shape index (κ2) is 9.89. The SMILES string of the molecule is CC[C@@H](Oc1ccccc1)C(=O)Nc1ccc(S(=O)(=O)N2CCCCCC2)cc1. The van der Waals surface area contributed by atoms with Crippen LogP contribution in [-0.2, 0) is 14.8 Å². The third-order valence-electron chi connectivity index (χ3n) is 5.01. The topological polar surface area (TPSA) is 75.7 Å². The summed E-state index contributed by atoms with van der Waals surface area (Å²) in [7, 11) is -3.50. The van der Waals surface area contributed by atoms with Crippen molar-refractivity contribution in [1.29, 1.82) is 0 Å². The molecule has 29 heavy (non-hydrogen) atoms. The number of rotatable bonds is 7. The lowest BCUT2D eigenvalue weighted by Crippen LogP contribution is -2.32. The van der Waals surface area contributed by atoms with Crippen LogP contribution >= 0.6 is 0 Å². The maximum atomic E-state index is 12.8. The van der Waals surface area contributed by atoms with Crippen molar-refractivity contribution in [2.75, 3.05) is 18.4 Å². The van der Waals surface area contributed by atoms with Gasteiger partial charge in [-0.3, -0.25) is 4.79 Å². The first kappa shape index (κ1) is 21.3. The van der Waals surface area contributed by atoms with Crippen LogP contribution in [0.4, 0.5) is 5.69 Å².